The molecule has 2 N–H and O–H groups in total. The van der Waals surface area contributed by atoms with Crippen molar-refractivity contribution in [3.8, 4) is 5.75 Å². The molecule has 0 heterocycles. The van der Waals surface area contributed by atoms with E-state index in [2.05, 4.69) is 30.8 Å². The number of anilines is 2. The molecule has 1 amide bonds. The van der Waals surface area contributed by atoms with Gasteiger partial charge in [0.1, 0.15) is 5.75 Å². The Morgan fingerprint density at radius 2 is 1.46 bits per heavy atom. The molecule has 6 nitrogen and oxygen atoms in total. The summed E-state index contributed by atoms with van der Waals surface area (Å²) in [6.07, 6.45) is 0. The van der Waals surface area contributed by atoms with Gasteiger partial charge in [0, 0.05) is 11.3 Å². The van der Waals surface area contributed by atoms with Crippen LogP contribution in [0.2, 0.25) is 0 Å². The monoisotopic (exact) mass is 488 g/mol. The van der Waals surface area contributed by atoms with Gasteiger partial charge in [-0.2, -0.15) is 0 Å². The van der Waals surface area contributed by atoms with Crippen LogP contribution in [-0.4, -0.2) is 21.4 Å². The highest BCUT2D eigenvalue weighted by molar-refractivity contribution is 7.92. The molecule has 0 atom stereocenters. The molecule has 35 heavy (non-hydrogen) atoms. The van der Waals surface area contributed by atoms with Gasteiger partial charge < -0.3 is 10.1 Å². The molecule has 0 saturated heterocycles. The van der Waals surface area contributed by atoms with Crippen LogP contribution in [0.25, 0.3) is 10.8 Å². The van der Waals surface area contributed by atoms with Gasteiger partial charge in [-0.1, -0.05) is 51.1 Å². The Kier molecular flexibility index (Phi) is 6.54. The molecule has 0 radical (unpaired) electrons. The van der Waals surface area contributed by atoms with Gasteiger partial charge >= 0.3 is 0 Å². The minimum atomic E-state index is -3.83. The van der Waals surface area contributed by atoms with Gasteiger partial charge in [0.05, 0.1) is 17.7 Å². The van der Waals surface area contributed by atoms with E-state index in [1.807, 2.05) is 24.3 Å². The van der Waals surface area contributed by atoms with E-state index in [0.29, 0.717) is 22.7 Å². The lowest BCUT2D eigenvalue weighted by molar-refractivity contribution is 0.102. The number of hydrogen-bond donors (Lipinski definition) is 2. The first-order valence-corrected chi connectivity index (χ1v) is 12.7. The zero-order valence-electron chi connectivity index (χ0n) is 20.1. The fourth-order valence-electron chi connectivity index (χ4n) is 3.70. The van der Waals surface area contributed by atoms with Gasteiger partial charge in [0.15, 0.2) is 0 Å². The second-order valence-electron chi connectivity index (χ2n) is 9.34. The van der Waals surface area contributed by atoms with E-state index in [0.717, 1.165) is 16.3 Å². The zero-order chi connectivity index (χ0) is 25.2. The summed E-state index contributed by atoms with van der Waals surface area (Å²) < 4.78 is 33.8. The van der Waals surface area contributed by atoms with Crippen molar-refractivity contribution in [2.24, 2.45) is 0 Å². The summed E-state index contributed by atoms with van der Waals surface area (Å²) >= 11 is 0. The summed E-state index contributed by atoms with van der Waals surface area (Å²) in [5.41, 5.74) is 2.50. The number of hydrogen-bond acceptors (Lipinski definition) is 4. The fourth-order valence-corrected chi connectivity index (χ4v) is 4.78. The predicted molar refractivity (Wildman–Crippen MR) is 141 cm³/mol. The summed E-state index contributed by atoms with van der Waals surface area (Å²) in [6, 6.07) is 24.4. The number of methoxy groups -OCH3 is 1. The molecule has 4 aromatic rings. The van der Waals surface area contributed by atoms with Gasteiger partial charge in [-0.25, -0.2) is 8.42 Å². The standard InChI is InChI=1S/C28H28N2O4S/c1-28(2,3)22-12-8-19(9-13-22)27(31)29-23-6-5-7-24(18-23)30-35(32,33)26-15-11-20-16-25(34-4)14-10-21(20)17-26/h5-18,30H,1-4H3,(H,29,31). The lowest BCUT2D eigenvalue weighted by Gasteiger charge is -2.19. The van der Waals surface area contributed by atoms with Crippen LogP contribution in [0, 0.1) is 0 Å². The number of nitrogens with one attached hydrogen (secondary N) is 2. The first-order chi connectivity index (χ1) is 16.5. The Morgan fingerprint density at radius 3 is 2.14 bits per heavy atom. The van der Waals surface area contributed by atoms with Gasteiger partial charge in [0.2, 0.25) is 0 Å². The number of carbonyl (C=O) groups is 1. The number of carbonyl (C=O) groups excluding carboxylic acids is 1. The van der Waals surface area contributed by atoms with Crippen molar-refractivity contribution < 1.29 is 17.9 Å². The summed E-state index contributed by atoms with van der Waals surface area (Å²) in [7, 11) is -2.24. The molecule has 180 valence electrons. The van der Waals surface area contributed by atoms with Crippen LogP contribution >= 0.6 is 0 Å². The second-order valence-corrected chi connectivity index (χ2v) is 11.0. The highest BCUT2D eigenvalue weighted by Crippen LogP contribution is 2.26. The largest absolute Gasteiger partial charge is 0.497 e. The third-order valence-corrected chi connectivity index (χ3v) is 7.09. The van der Waals surface area contributed by atoms with E-state index in [1.54, 1.807) is 67.8 Å². The molecule has 0 aromatic heterocycles. The molecule has 0 aliphatic heterocycles. The minimum absolute atomic E-state index is 0.00158. The van der Waals surface area contributed by atoms with Crippen molar-refractivity contribution in [2.75, 3.05) is 17.1 Å². The highest BCUT2D eigenvalue weighted by Gasteiger charge is 2.17. The number of sulfonamides is 1. The van der Waals surface area contributed by atoms with Crippen LogP contribution in [0.4, 0.5) is 11.4 Å². The molecule has 4 aromatic carbocycles. The normalized spacial score (nSPS) is 11.8. The third-order valence-electron chi connectivity index (χ3n) is 5.71. The zero-order valence-corrected chi connectivity index (χ0v) is 20.9. The van der Waals surface area contributed by atoms with Gasteiger partial charge in [-0.05, 0) is 76.3 Å². The first kappa shape index (κ1) is 24.3. The SMILES string of the molecule is COc1ccc2cc(S(=O)(=O)Nc3cccc(NC(=O)c4ccc(C(C)(C)C)cc4)c3)ccc2c1. The van der Waals surface area contributed by atoms with Crippen LogP contribution in [0.15, 0.2) is 89.8 Å². The van der Waals surface area contributed by atoms with Crippen molar-refractivity contribution in [1.29, 1.82) is 0 Å². The quantitative estimate of drug-likeness (QED) is 0.338. The topological polar surface area (TPSA) is 84.5 Å². The molecule has 0 spiro atoms. The number of rotatable bonds is 6. The number of benzene rings is 4. The summed E-state index contributed by atoms with van der Waals surface area (Å²) in [5.74, 6) is 0.436. The van der Waals surface area contributed by atoms with E-state index in [-0.39, 0.29) is 16.2 Å². The van der Waals surface area contributed by atoms with Gasteiger partial charge in [0.25, 0.3) is 15.9 Å². The average molecular weight is 489 g/mol. The highest BCUT2D eigenvalue weighted by atomic mass is 32.2. The van der Waals surface area contributed by atoms with E-state index in [4.69, 9.17) is 4.74 Å². The Hall–Kier alpha value is -3.84. The smallest absolute Gasteiger partial charge is 0.261 e. The second kappa shape index (κ2) is 9.43. The van der Waals surface area contributed by atoms with Crippen LogP contribution in [-0.2, 0) is 15.4 Å². The lowest BCUT2D eigenvalue weighted by atomic mass is 9.87. The molecule has 0 aliphatic carbocycles. The molecule has 7 heteroatoms. The summed E-state index contributed by atoms with van der Waals surface area (Å²) in [6.45, 7) is 6.34. The van der Waals surface area contributed by atoms with Gasteiger partial charge in [-0.15, -0.1) is 0 Å². The van der Waals surface area contributed by atoms with E-state index in [1.165, 1.54) is 0 Å². The Bertz CT molecular complexity index is 1490. The van der Waals surface area contributed by atoms with E-state index in [9.17, 15) is 13.2 Å². The first-order valence-electron chi connectivity index (χ1n) is 11.2. The maximum absolute atomic E-state index is 13.0. The van der Waals surface area contributed by atoms with Crippen molar-refractivity contribution in [2.45, 2.75) is 31.1 Å². The Labute approximate surface area is 206 Å². The summed E-state index contributed by atoms with van der Waals surface area (Å²) in [4.78, 5) is 12.8. The minimum Gasteiger partial charge on any atom is -0.497 e. The Morgan fingerprint density at radius 1 is 0.800 bits per heavy atom. The maximum atomic E-state index is 13.0. The maximum Gasteiger partial charge on any atom is 0.261 e. The molecule has 4 rings (SSSR count). The van der Waals surface area contributed by atoms with Crippen molar-refractivity contribution in [3.05, 3.63) is 96.1 Å². The Balaban J connectivity index is 1.50. The molecule has 0 fully saturated rings. The lowest BCUT2D eigenvalue weighted by Crippen LogP contribution is -2.15. The average Bonchev–Trinajstić information content (AvgIpc) is 2.82. The number of fused-ring (bicyclic) bond motifs is 1. The predicted octanol–water partition coefficient (Wildman–Crippen LogP) is 6.20. The third kappa shape index (κ3) is 5.63. The van der Waals surface area contributed by atoms with E-state index < -0.39 is 10.0 Å². The van der Waals surface area contributed by atoms with Crippen LogP contribution in [0.3, 0.4) is 0 Å². The molecule has 0 aliphatic rings. The molecular formula is C28H28N2O4S. The fraction of sp³-hybridized carbons (Fsp3) is 0.179. The molecule has 0 bridgehead atoms. The molecule has 0 saturated carbocycles. The van der Waals surface area contributed by atoms with Crippen molar-refractivity contribution >= 4 is 38.1 Å². The van der Waals surface area contributed by atoms with Crippen LogP contribution < -0.4 is 14.8 Å². The van der Waals surface area contributed by atoms with Crippen LogP contribution in [0.5, 0.6) is 5.75 Å². The van der Waals surface area contributed by atoms with Crippen LogP contribution in [0.1, 0.15) is 36.7 Å². The van der Waals surface area contributed by atoms with Crippen molar-refractivity contribution in [1.82, 2.24) is 0 Å². The number of ether oxygens (including phenoxy) is 1. The van der Waals surface area contributed by atoms with E-state index >= 15 is 0 Å². The summed E-state index contributed by atoms with van der Waals surface area (Å²) in [5, 5.41) is 4.49. The van der Waals surface area contributed by atoms with Gasteiger partial charge in [-0.3, -0.25) is 9.52 Å². The molecular weight excluding hydrogens is 460 g/mol. The molecule has 0 unspecified atom stereocenters. The number of amides is 1. The van der Waals surface area contributed by atoms with Crippen molar-refractivity contribution in [3.63, 3.8) is 0 Å².